The molecule has 0 aliphatic carbocycles. The number of benzene rings is 4. The van der Waals surface area contributed by atoms with Gasteiger partial charge in [0.2, 0.25) is 11.8 Å². The lowest BCUT2D eigenvalue weighted by atomic mass is 9.87. The van der Waals surface area contributed by atoms with Crippen molar-refractivity contribution in [3.8, 4) is 0 Å². The molecule has 20 nitrogen and oxygen atoms in total. The number of rotatable bonds is 18. The van der Waals surface area contributed by atoms with Crippen molar-refractivity contribution < 1.29 is 29.3 Å². The van der Waals surface area contributed by atoms with E-state index in [9.17, 15) is 50.0 Å². The second-order valence-electron chi connectivity index (χ2n) is 11.9. The minimum Gasteiger partial charge on any atom is -0.351 e. The highest BCUT2D eigenvalue weighted by Crippen LogP contribution is 2.31. The number of amides is 2. The molecule has 0 aliphatic heterocycles. The van der Waals surface area contributed by atoms with Crippen LogP contribution in [0.2, 0.25) is 0 Å². The number of non-ortho nitro benzene ring substituents is 2. The van der Waals surface area contributed by atoms with E-state index in [-0.39, 0.29) is 42.3 Å². The van der Waals surface area contributed by atoms with Crippen LogP contribution in [0.3, 0.4) is 0 Å². The Kier molecular flexibility index (Phi) is 13.7. The average molecular weight is 755 g/mol. The van der Waals surface area contributed by atoms with E-state index in [0.29, 0.717) is 0 Å². The molecule has 0 saturated heterocycles. The highest BCUT2D eigenvalue weighted by Gasteiger charge is 2.32. The Morgan fingerprint density at radius 1 is 0.564 bits per heavy atom. The van der Waals surface area contributed by atoms with E-state index in [4.69, 9.17) is 0 Å². The van der Waals surface area contributed by atoms with Crippen molar-refractivity contribution in [1.82, 2.24) is 10.6 Å². The average Bonchev–Trinajstić information content (AvgIpc) is 3.18. The zero-order chi connectivity index (χ0) is 40.1. The number of nitro groups is 4. The standard InChI is InChI=1S/C35H34N10O10/c1-22(38-40-30-15-13-26(42(48)49)17-32(30)44(52)53)28(34(46)36-20-24-9-5-3-6-10-24)19-29(35(47)37-21-25-11-7-4-8-12-25)23(2)39-41-31-16-14-27(43(50)51)18-33(31)45(54)55/h3-18,28-29,40-41H,19-21H2,1-2H3,(H,36,46)(H,37,47)/b38-22-,39-23+/t28-,29+/m0/s1. The summed E-state index contributed by atoms with van der Waals surface area (Å²) in [6.45, 7) is 3.07. The first-order chi connectivity index (χ1) is 26.2. The van der Waals surface area contributed by atoms with E-state index < -0.39 is 66.1 Å². The number of nitro benzene ring substituents is 4. The van der Waals surface area contributed by atoms with Gasteiger partial charge in [0.1, 0.15) is 11.4 Å². The fourth-order valence-corrected chi connectivity index (χ4v) is 5.20. The summed E-state index contributed by atoms with van der Waals surface area (Å²) in [5.41, 5.74) is 3.90. The van der Waals surface area contributed by atoms with Crippen molar-refractivity contribution in [3.63, 3.8) is 0 Å². The molecule has 20 heteroatoms. The summed E-state index contributed by atoms with van der Waals surface area (Å²) in [6.07, 6.45) is -0.278. The molecule has 4 aromatic rings. The second-order valence-corrected chi connectivity index (χ2v) is 11.9. The van der Waals surface area contributed by atoms with Crippen LogP contribution in [0.1, 0.15) is 31.4 Å². The molecule has 2 atom stereocenters. The topological polar surface area (TPSA) is 280 Å². The van der Waals surface area contributed by atoms with Crippen LogP contribution in [0, 0.1) is 52.3 Å². The summed E-state index contributed by atoms with van der Waals surface area (Å²) >= 11 is 0. The van der Waals surface area contributed by atoms with Crippen LogP contribution in [-0.4, -0.2) is 42.9 Å². The Bertz CT molecular complexity index is 2000. The summed E-state index contributed by atoms with van der Waals surface area (Å²) in [7, 11) is 0. The molecule has 55 heavy (non-hydrogen) atoms. The van der Waals surface area contributed by atoms with Crippen molar-refractivity contribution in [1.29, 1.82) is 0 Å². The van der Waals surface area contributed by atoms with Crippen molar-refractivity contribution in [3.05, 3.63) is 149 Å². The number of carbonyl (C=O) groups is 2. The van der Waals surface area contributed by atoms with Crippen molar-refractivity contribution >= 4 is 57.4 Å². The minimum absolute atomic E-state index is 0.0610. The Hall–Kier alpha value is -7.64. The predicted octanol–water partition coefficient (Wildman–Crippen LogP) is 5.85. The molecule has 4 N–H and O–H groups in total. The predicted molar refractivity (Wildman–Crippen MR) is 201 cm³/mol. The molecule has 284 valence electrons. The molecular formula is C35H34N10O10. The minimum atomic E-state index is -1.19. The second kappa shape index (κ2) is 18.7. The molecule has 0 saturated carbocycles. The quantitative estimate of drug-likeness (QED) is 0.0529. The highest BCUT2D eigenvalue weighted by molar-refractivity contribution is 6.07. The van der Waals surface area contributed by atoms with E-state index >= 15 is 0 Å². The number of nitrogens with one attached hydrogen (secondary N) is 4. The Morgan fingerprint density at radius 2 is 0.927 bits per heavy atom. The van der Waals surface area contributed by atoms with Gasteiger partial charge in [-0.2, -0.15) is 10.2 Å². The van der Waals surface area contributed by atoms with E-state index in [0.717, 1.165) is 47.5 Å². The third-order valence-electron chi connectivity index (χ3n) is 8.22. The first kappa shape index (κ1) is 40.1. The normalized spacial score (nSPS) is 12.5. The van der Waals surface area contributed by atoms with Crippen molar-refractivity contribution in [2.45, 2.75) is 33.4 Å². The number of hydrazone groups is 2. The zero-order valence-corrected chi connectivity index (χ0v) is 29.3. The number of anilines is 2. The van der Waals surface area contributed by atoms with Gasteiger partial charge in [0.15, 0.2) is 0 Å². The highest BCUT2D eigenvalue weighted by atomic mass is 16.6. The monoisotopic (exact) mass is 754 g/mol. The summed E-state index contributed by atoms with van der Waals surface area (Å²) < 4.78 is 0. The SMILES string of the molecule is C/C(=N/Nc1ccc([N+](=O)[O-])cc1[N+](=O)[O-])[C@H](C[C@@H](C(=O)NCc1ccccc1)/C(C)=N/Nc1ccc([N+](=O)[O-])cc1[N+](=O)[O-])C(=O)NCc1ccccc1. The van der Waals surface area contributed by atoms with Gasteiger partial charge in [0.05, 0.1) is 43.7 Å². The fraction of sp³-hybridized carbons (Fsp3) is 0.200. The van der Waals surface area contributed by atoms with Crippen LogP contribution in [-0.2, 0) is 22.7 Å². The maximum Gasteiger partial charge on any atom is 0.301 e. The van der Waals surface area contributed by atoms with E-state index in [1.54, 1.807) is 60.7 Å². The van der Waals surface area contributed by atoms with Crippen LogP contribution in [0.15, 0.2) is 107 Å². The van der Waals surface area contributed by atoms with Gasteiger partial charge in [-0.05, 0) is 43.5 Å². The first-order valence-electron chi connectivity index (χ1n) is 16.3. The summed E-state index contributed by atoms with van der Waals surface area (Å²) in [6, 6.07) is 23.6. The smallest absolute Gasteiger partial charge is 0.301 e. The summed E-state index contributed by atoms with van der Waals surface area (Å²) in [5.74, 6) is -3.56. The van der Waals surface area contributed by atoms with Crippen LogP contribution in [0.5, 0.6) is 0 Å². The Morgan fingerprint density at radius 3 is 1.25 bits per heavy atom. The first-order valence-corrected chi connectivity index (χ1v) is 16.3. The van der Waals surface area contributed by atoms with Crippen molar-refractivity contribution in [2.75, 3.05) is 10.9 Å². The molecule has 0 aliphatic rings. The molecule has 0 spiro atoms. The molecule has 0 heterocycles. The maximum absolute atomic E-state index is 13.9. The van der Waals surface area contributed by atoms with E-state index in [1.165, 1.54) is 13.8 Å². The van der Waals surface area contributed by atoms with Crippen molar-refractivity contribution in [2.24, 2.45) is 22.0 Å². The molecule has 2 amide bonds. The van der Waals surface area contributed by atoms with Gasteiger partial charge in [0, 0.05) is 36.6 Å². The summed E-state index contributed by atoms with van der Waals surface area (Å²) in [5, 5.41) is 60.0. The van der Waals surface area contributed by atoms with E-state index in [2.05, 4.69) is 31.7 Å². The van der Waals surface area contributed by atoms with Gasteiger partial charge in [-0.1, -0.05) is 60.7 Å². The van der Waals surface area contributed by atoms with Crippen LogP contribution in [0.4, 0.5) is 34.1 Å². The lowest BCUT2D eigenvalue weighted by molar-refractivity contribution is -0.393. The number of nitrogens with zero attached hydrogens (tertiary/aromatic N) is 6. The molecule has 0 radical (unpaired) electrons. The molecule has 4 rings (SSSR count). The molecular weight excluding hydrogens is 720 g/mol. The van der Waals surface area contributed by atoms with Gasteiger partial charge < -0.3 is 10.6 Å². The zero-order valence-electron chi connectivity index (χ0n) is 29.3. The number of carbonyl (C=O) groups excluding carboxylic acids is 2. The third-order valence-corrected chi connectivity index (χ3v) is 8.22. The molecule has 0 fully saturated rings. The molecule has 0 unspecified atom stereocenters. The number of hydrogen-bond acceptors (Lipinski definition) is 14. The van der Waals surface area contributed by atoms with Crippen LogP contribution in [0.25, 0.3) is 0 Å². The van der Waals surface area contributed by atoms with Gasteiger partial charge in [-0.3, -0.25) is 60.9 Å². The van der Waals surface area contributed by atoms with E-state index in [1.807, 2.05) is 0 Å². The Labute approximate surface area is 311 Å². The lowest BCUT2D eigenvalue weighted by Crippen LogP contribution is -2.41. The van der Waals surface area contributed by atoms with Crippen LogP contribution < -0.4 is 21.5 Å². The maximum atomic E-state index is 13.9. The summed E-state index contributed by atoms with van der Waals surface area (Å²) in [4.78, 5) is 70.4. The van der Waals surface area contributed by atoms with Gasteiger partial charge in [0.25, 0.3) is 11.4 Å². The third kappa shape index (κ3) is 11.2. The van der Waals surface area contributed by atoms with Gasteiger partial charge >= 0.3 is 11.4 Å². The molecule has 0 aromatic heterocycles. The number of hydrogen-bond donors (Lipinski definition) is 4. The van der Waals surface area contributed by atoms with Crippen LogP contribution >= 0.6 is 0 Å². The Balaban J connectivity index is 1.72. The van der Waals surface area contributed by atoms with Gasteiger partial charge in [-0.25, -0.2) is 0 Å². The lowest BCUT2D eigenvalue weighted by Gasteiger charge is -2.23. The largest absolute Gasteiger partial charge is 0.351 e. The molecule has 0 bridgehead atoms. The van der Waals surface area contributed by atoms with Gasteiger partial charge in [-0.15, -0.1) is 0 Å². The molecule has 4 aromatic carbocycles. The fourth-order valence-electron chi connectivity index (χ4n) is 5.20.